The second-order valence-corrected chi connectivity index (χ2v) is 7.58. The van der Waals surface area contributed by atoms with Crippen LogP contribution in [0.4, 0.5) is 10.2 Å². The van der Waals surface area contributed by atoms with E-state index in [1.165, 1.54) is 18.6 Å². The van der Waals surface area contributed by atoms with E-state index < -0.39 is 0 Å². The van der Waals surface area contributed by atoms with E-state index in [1.54, 1.807) is 13.2 Å². The zero-order valence-corrected chi connectivity index (χ0v) is 20.6. The lowest BCUT2D eigenvalue weighted by Crippen LogP contribution is -2.19. The topological polar surface area (TPSA) is 72.3 Å². The van der Waals surface area contributed by atoms with Gasteiger partial charge in [-0.25, -0.2) is 14.4 Å². The third-order valence-corrected chi connectivity index (χ3v) is 5.45. The fraction of sp³-hybridized carbons (Fsp3) is 0.385. The number of nitrogens with one attached hydrogen (secondary N) is 1. The molecule has 6 nitrogen and oxygen atoms in total. The minimum Gasteiger partial charge on any atom is -0.494 e. The van der Waals surface area contributed by atoms with Crippen LogP contribution in [0.25, 0.3) is 22.2 Å². The second kappa shape index (κ2) is 12.0. The molecule has 2 atom stereocenters. The molecule has 0 aliphatic rings. The molecule has 0 aliphatic carbocycles. The van der Waals surface area contributed by atoms with Gasteiger partial charge in [-0.05, 0) is 50.5 Å². The van der Waals surface area contributed by atoms with Crippen LogP contribution in [0, 0.1) is 11.7 Å². The highest BCUT2D eigenvalue weighted by Crippen LogP contribution is 2.33. The Balaban J connectivity index is 0.00000187. The first-order valence-corrected chi connectivity index (χ1v) is 11.3. The molecule has 1 aromatic carbocycles. The van der Waals surface area contributed by atoms with Gasteiger partial charge in [-0.1, -0.05) is 34.3 Å². The number of hydrogen-bond donors (Lipinski definition) is 1. The van der Waals surface area contributed by atoms with Gasteiger partial charge in [-0.3, -0.25) is 9.98 Å². The summed E-state index contributed by atoms with van der Waals surface area (Å²) in [7, 11) is 1.59. The van der Waals surface area contributed by atoms with Crippen LogP contribution in [-0.4, -0.2) is 33.8 Å². The monoisotopic (exact) mass is 451 g/mol. The Bertz CT molecular complexity index is 1110. The quantitative estimate of drug-likeness (QED) is 0.386. The molecule has 1 N–H and O–H groups in total. The average Bonchev–Trinajstić information content (AvgIpc) is 2.84. The van der Waals surface area contributed by atoms with E-state index in [0.29, 0.717) is 28.7 Å². The molecule has 0 radical (unpaired) electrons. The molecule has 0 saturated heterocycles. The number of nitrogens with zero attached hydrogens (tertiary/aromatic N) is 4. The summed E-state index contributed by atoms with van der Waals surface area (Å²) in [5, 5.41) is 4.16. The number of benzene rings is 1. The number of halogens is 1. The van der Waals surface area contributed by atoms with Crippen molar-refractivity contribution in [2.75, 3.05) is 12.4 Å². The van der Waals surface area contributed by atoms with Crippen LogP contribution >= 0.6 is 0 Å². The van der Waals surface area contributed by atoms with Crippen LogP contribution < -0.4 is 10.1 Å². The summed E-state index contributed by atoms with van der Waals surface area (Å²) in [5.41, 5.74) is 3.86. The lowest BCUT2D eigenvalue weighted by atomic mass is 10.0. The minimum absolute atomic E-state index is 0.143. The molecular weight excluding hydrogens is 417 g/mol. The van der Waals surface area contributed by atoms with Crippen LogP contribution in [0.2, 0.25) is 0 Å². The van der Waals surface area contributed by atoms with Crippen molar-refractivity contribution in [2.24, 2.45) is 10.9 Å². The summed E-state index contributed by atoms with van der Waals surface area (Å²) in [5.74, 6) is 1.24. The van der Waals surface area contributed by atoms with E-state index in [4.69, 9.17) is 4.74 Å². The van der Waals surface area contributed by atoms with Gasteiger partial charge in [-0.15, -0.1) is 0 Å². The van der Waals surface area contributed by atoms with E-state index in [0.717, 1.165) is 28.8 Å². The number of rotatable bonds is 8. The largest absolute Gasteiger partial charge is 0.494 e. The Labute approximate surface area is 196 Å². The Morgan fingerprint density at radius 1 is 1.18 bits per heavy atom. The van der Waals surface area contributed by atoms with E-state index in [9.17, 15) is 4.39 Å². The maximum Gasteiger partial charge on any atom is 0.145 e. The number of aliphatic imine (C=N–C) groups is 1. The van der Waals surface area contributed by atoms with E-state index in [1.807, 2.05) is 39.8 Å². The first-order chi connectivity index (χ1) is 15.8. The number of ether oxygens (including phenoxy) is 1. The van der Waals surface area contributed by atoms with Crippen molar-refractivity contribution in [1.29, 1.82) is 0 Å². The van der Waals surface area contributed by atoms with Crippen molar-refractivity contribution < 1.29 is 9.13 Å². The Morgan fingerprint density at radius 2 is 1.91 bits per heavy atom. The highest BCUT2D eigenvalue weighted by molar-refractivity contribution is 5.96. The summed E-state index contributed by atoms with van der Waals surface area (Å²) in [6.45, 7) is 16.4. The van der Waals surface area contributed by atoms with Gasteiger partial charge in [-0.2, -0.15) is 0 Å². The molecule has 0 amide bonds. The first kappa shape index (κ1) is 25.9. The number of methoxy groups -OCH3 is 1. The molecule has 2 aromatic heterocycles. The van der Waals surface area contributed by atoms with Crippen molar-refractivity contribution in [3.05, 3.63) is 54.9 Å². The molecule has 176 valence electrons. The fourth-order valence-electron chi connectivity index (χ4n) is 3.12. The molecule has 0 saturated carbocycles. The van der Waals surface area contributed by atoms with Crippen LogP contribution in [0.3, 0.4) is 0 Å². The molecule has 0 fully saturated rings. The zero-order chi connectivity index (χ0) is 24.5. The van der Waals surface area contributed by atoms with Gasteiger partial charge < -0.3 is 10.1 Å². The molecular formula is C26H34FN5O. The Hall–Kier alpha value is -3.35. The van der Waals surface area contributed by atoms with Gasteiger partial charge in [0.05, 0.1) is 30.7 Å². The average molecular weight is 452 g/mol. The third kappa shape index (κ3) is 6.34. The van der Waals surface area contributed by atoms with Gasteiger partial charge in [0.15, 0.2) is 0 Å². The van der Waals surface area contributed by atoms with Gasteiger partial charge in [0.2, 0.25) is 0 Å². The van der Waals surface area contributed by atoms with Crippen molar-refractivity contribution >= 4 is 22.4 Å². The smallest absolute Gasteiger partial charge is 0.145 e. The zero-order valence-electron chi connectivity index (χ0n) is 20.6. The van der Waals surface area contributed by atoms with Crippen molar-refractivity contribution in [3.8, 4) is 17.0 Å². The minimum atomic E-state index is -0.386. The van der Waals surface area contributed by atoms with Crippen molar-refractivity contribution in [3.63, 3.8) is 0 Å². The van der Waals surface area contributed by atoms with E-state index >= 15 is 0 Å². The Kier molecular flexibility index (Phi) is 9.45. The molecule has 33 heavy (non-hydrogen) atoms. The summed E-state index contributed by atoms with van der Waals surface area (Å²) in [6, 6.07) is 6.62. The summed E-state index contributed by atoms with van der Waals surface area (Å²) < 4.78 is 18.9. The normalized spacial score (nSPS) is 13.0. The standard InChI is InChI=1S/C24H28FN5O.C2H6/c1-7-14(2)15(3)29-16(4)17(5)30-24-20-10-18(21-9-8-19(25)12-26-21)11-22(31-6)23(20)27-13-28-24;1-2/h8-14,17H,4,7H2,1-3,5-6H3,(H,27,28,30);1-2H3. The van der Waals surface area contributed by atoms with Gasteiger partial charge in [0, 0.05) is 16.7 Å². The van der Waals surface area contributed by atoms with Crippen LogP contribution in [0.1, 0.15) is 48.0 Å². The number of hydrogen-bond acceptors (Lipinski definition) is 6. The van der Waals surface area contributed by atoms with Crippen LogP contribution in [-0.2, 0) is 0 Å². The van der Waals surface area contributed by atoms with Crippen molar-refractivity contribution in [2.45, 2.75) is 54.0 Å². The molecule has 7 heteroatoms. The maximum absolute atomic E-state index is 13.3. The highest BCUT2D eigenvalue weighted by Gasteiger charge is 2.15. The fourth-order valence-corrected chi connectivity index (χ4v) is 3.12. The third-order valence-electron chi connectivity index (χ3n) is 5.45. The highest BCUT2D eigenvalue weighted by atomic mass is 19.1. The molecule has 2 heterocycles. The lowest BCUT2D eigenvalue weighted by molar-refractivity contribution is 0.419. The Morgan fingerprint density at radius 3 is 2.52 bits per heavy atom. The van der Waals surface area contributed by atoms with E-state index in [-0.39, 0.29) is 11.9 Å². The lowest BCUT2D eigenvalue weighted by Gasteiger charge is -2.18. The van der Waals surface area contributed by atoms with Crippen LogP contribution in [0.15, 0.2) is 54.1 Å². The summed E-state index contributed by atoms with van der Waals surface area (Å²) in [4.78, 5) is 17.7. The predicted octanol–water partition coefficient (Wildman–Crippen LogP) is 6.69. The first-order valence-electron chi connectivity index (χ1n) is 11.3. The number of anilines is 1. The number of aromatic nitrogens is 3. The van der Waals surface area contributed by atoms with Gasteiger partial charge in [0.25, 0.3) is 0 Å². The molecule has 3 rings (SSSR count). The maximum atomic E-state index is 13.3. The SMILES string of the molecule is C=C(N=C(C)C(C)CC)C(C)Nc1ncnc2c(OC)cc(-c3ccc(F)cn3)cc12.CC. The number of pyridine rings is 1. The molecule has 0 bridgehead atoms. The summed E-state index contributed by atoms with van der Waals surface area (Å²) in [6.07, 6.45) is 3.71. The van der Waals surface area contributed by atoms with Gasteiger partial charge in [0.1, 0.15) is 29.2 Å². The predicted molar refractivity (Wildman–Crippen MR) is 135 cm³/mol. The summed E-state index contributed by atoms with van der Waals surface area (Å²) >= 11 is 0. The molecule has 0 aliphatic heterocycles. The van der Waals surface area contributed by atoms with Crippen molar-refractivity contribution in [1.82, 2.24) is 15.0 Å². The molecule has 3 aromatic rings. The molecule has 0 spiro atoms. The van der Waals surface area contributed by atoms with Gasteiger partial charge >= 0.3 is 0 Å². The second-order valence-electron chi connectivity index (χ2n) is 7.58. The van der Waals surface area contributed by atoms with Crippen LogP contribution in [0.5, 0.6) is 5.75 Å². The molecule has 2 unspecified atom stereocenters. The van der Waals surface area contributed by atoms with E-state index in [2.05, 4.69) is 45.7 Å². The number of fused-ring (bicyclic) bond motifs is 1.